The molecule has 0 saturated heterocycles. The van der Waals surface area contributed by atoms with E-state index in [0.717, 1.165) is 5.75 Å². The minimum absolute atomic E-state index is 0.260. The zero-order valence-electron chi connectivity index (χ0n) is 6.54. The number of ether oxygens (including phenoxy) is 1. The van der Waals surface area contributed by atoms with E-state index in [2.05, 4.69) is 11.6 Å². The smallest absolute Gasteiger partial charge is 0.119 e. The van der Waals surface area contributed by atoms with E-state index in [1.807, 2.05) is 0 Å². The number of phenolic OH excluding ortho intramolecular Hbond substituents is 1. The number of aromatic hydroxyl groups is 1. The fraction of sp³-hybridized carbons (Fsp3) is 0.250. The van der Waals surface area contributed by atoms with E-state index in [1.165, 1.54) is 6.38 Å². The molecule has 0 heterocycles. The number of methoxy groups -OCH3 is 1. The molecule has 62 valence electrons. The van der Waals surface area contributed by atoms with Crippen LogP contribution in [0.3, 0.4) is 0 Å². The number of hydrogen-bond donors (Lipinski definition) is 1. The first-order chi connectivity index (χ1) is 5.33. The van der Waals surface area contributed by atoms with Crippen molar-refractivity contribution >= 4 is 11.6 Å². The molecule has 0 aliphatic carbocycles. The summed E-state index contributed by atoms with van der Waals surface area (Å²) in [4.78, 5) is 0. The first-order valence-electron chi connectivity index (χ1n) is 3.04. The average Bonchev–Trinajstić information content (AvgIpc) is 2.10. The molecule has 0 saturated carbocycles. The third-order valence-corrected chi connectivity index (χ3v) is 1.07. The normalized spacial score (nSPS) is 7.91. The standard InChI is InChI=1S/C7H8O2.CH3Cl/c1-9-7-4-2-6(8)3-5-7;1-2/h2-5,8H,1H3;1H3. The molecule has 1 N–H and O–H groups in total. The minimum Gasteiger partial charge on any atom is -0.508 e. The molecule has 1 aromatic carbocycles. The lowest BCUT2D eigenvalue weighted by molar-refractivity contribution is 0.412. The summed E-state index contributed by atoms with van der Waals surface area (Å²) in [7, 11) is 1.59. The maximum Gasteiger partial charge on any atom is 0.119 e. The van der Waals surface area contributed by atoms with E-state index in [-0.39, 0.29) is 5.75 Å². The Morgan fingerprint density at radius 2 is 1.64 bits per heavy atom. The van der Waals surface area contributed by atoms with E-state index < -0.39 is 0 Å². The van der Waals surface area contributed by atoms with E-state index >= 15 is 0 Å². The molecule has 0 spiro atoms. The Balaban J connectivity index is 0.000000461. The van der Waals surface area contributed by atoms with Crippen LogP contribution in [0, 0.1) is 0 Å². The monoisotopic (exact) mass is 174 g/mol. The summed E-state index contributed by atoms with van der Waals surface area (Å²) in [5, 5.41) is 8.80. The lowest BCUT2D eigenvalue weighted by Crippen LogP contribution is -1.79. The molecule has 0 aliphatic heterocycles. The summed E-state index contributed by atoms with van der Waals surface area (Å²) < 4.78 is 4.86. The highest BCUT2D eigenvalue weighted by Gasteiger charge is 1.87. The van der Waals surface area contributed by atoms with Gasteiger partial charge in [0.25, 0.3) is 0 Å². The SMILES string of the molecule is CCl.COc1ccc(O)cc1. The summed E-state index contributed by atoms with van der Waals surface area (Å²) in [6, 6.07) is 6.57. The van der Waals surface area contributed by atoms with Gasteiger partial charge >= 0.3 is 0 Å². The van der Waals surface area contributed by atoms with Gasteiger partial charge in [-0.3, -0.25) is 0 Å². The van der Waals surface area contributed by atoms with Crippen LogP contribution in [-0.2, 0) is 0 Å². The largest absolute Gasteiger partial charge is 0.508 e. The molecule has 0 aromatic heterocycles. The first-order valence-corrected chi connectivity index (χ1v) is 3.79. The van der Waals surface area contributed by atoms with Gasteiger partial charge in [0.15, 0.2) is 0 Å². The average molecular weight is 175 g/mol. The first kappa shape index (κ1) is 10.1. The predicted molar refractivity (Wildman–Crippen MR) is 46.4 cm³/mol. The fourth-order valence-corrected chi connectivity index (χ4v) is 0.582. The van der Waals surface area contributed by atoms with E-state index in [4.69, 9.17) is 9.84 Å². The molecule has 0 unspecified atom stereocenters. The Morgan fingerprint density at radius 3 is 2.00 bits per heavy atom. The Morgan fingerprint density at radius 1 is 1.18 bits per heavy atom. The van der Waals surface area contributed by atoms with Gasteiger partial charge in [-0.25, -0.2) is 0 Å². The summed E-state index contributed by atoms with van der Waals surface area (Å²) >= 11 is 4.64. The summed E-state index contributed by atoms with van der Waals surface area (Å²) in [5.74, 6) is 1.02. The van der Waals surface area contributed by atoms with Crippen molar-refractivity contribution in [3.8, 4) is 11.5 Å². The van der Waals surface area contributed by atoms with Crippen molar-refractivity contribution in [1.29, 1.82) is 0 Å². The van der Waals surface area contributed by atoms with Gasteiger partial charge in [-0.05, 0) is 24.3 Å². The molecule has 1 rings (SSSR count). The van der Waals surface area contributed by atoms with Crippen molar-refractivity contribution in [1.82, 2.24) is 0 Å². The second-order valence-corrected chi connectivity index (χ2v) is 1.70. The summed E-state index contributed by atoms with van der Waals surface area (Å²) in [6.45, 7) is 0. The molecule has 0 amide bonds. The van der Waals surface area contributed by atoms with Crippen LogP contribution < -0.4 is 4.74 Å². The van der Waals surface area contributed by atoms with Crippen molar-refractivity contribution in [3.05, 3.63) is 24.3 Å². The Labute approximate surface area is 71.4 Å². The number of benzene rings is 1. The van der Waals surface area contributed by atoms with Crippen LogP contribution in [-0.4, -0.2) is 18.6 Å². The van der Waals surface area contributed by atoms with E-state index in [9.17, 15) is 0 Å². The number of alkyl halides is 1. The molecule has 0 atom stereocenters. The zero-order chi connectivity index (χ0) is 8.69. The quantitative estimate of drug-likeness (QED) is 0.662. The molecular formula is C8H11ClO2. The summed E-state index contributed by atoms with van der Waals surface area (Å²) in [5.41, 5.74) is 0. The molecule has 2 nitrogen and oxygen atoms in total. The molecule has 11 heavy (non-hydrogen) atoms. The highest BCUT2D eigenvalue weighted by atomic mass is 35.5. The molecule has 0 radical (unpaired) electrons. The number of rotatable bonds is 1. The molecule has 0 fully saturated rings. The third-order valence-electron chi connectivity index (χ3n) is 1.07. The zero-order valence-corrected chi connectivity index (χ0v) is 7.30. The Kier molecular flexibility index (Phi) is 5.39. The van der Waals surface area contributed by atoms with Gasteiger partial charge in [0.05, 0.1) is 7.11 Å². The van der Waals surface area contributed by atoms with Gasteiger partial charge < -0.3 is 9.84 Å². The third kappa shape index (κ3) is 3.73. The lowest BCUT2D eigenvalue weighted by atomic mass is 10.3. The van der Waals surface area contributed by atoms with Gasteiger partial charge in [-0.15, -0.1) is 11.6 Å². The van der Waals surface area contributed by atoms with Crippen LogP contribution in [0.2, 0.25) is 0 Å². The van der Waals surface area contributed by atoms with Crippen LogP contribution in [0.25, 0.3) is 0 Å². The van der Waals surface area contributed by atoms with Crippen molar-refractivity contribution in [2.75, 3.05) is 13.5 Å². The highest BCUT2D eigenvalue weighted by molar-refractivity contribution is 6.15. The highest BCUT2D eigenvalue weighted by Crippen LogP contribution is 2.14. The summed E-state index contributed by atoms with van der Waals surface area (Å²) in [6.07, 6.45) is 1.47. The molecule has 0 bridgehead atoms. The number of halogens is 1. The van der Waals surface area contributed by atoms with Gasteiger partial charge in [0.1, 0.15) is 11.5 Å². The van der Waals surface area contributed by atoms with Crippen molar-refractivity contribution in [2.45, 2.75) is 0 Å². The second-order valence-electron chi connectivity index (χ2n) is 1.70. The van der Waals surface area contributed by atoms with Crippen LogP contribution >= 0.6 is 11.6 Å². The van der Waals surface area contributed by atoms with Gasteiger partial charge in [-0.2, -0.15) is 0 Å². The predicted octanol–water partition coefficient (Wildman–Crippen LogP) is 2.26. The maximum atomic E-state index is 8.80. The molecule has 0 aliphatic rings. The molecule has 1 aromatic rings. The Hall–Kier alpha value is -0.890. The van der Waals surface area contributed by atoms with Crippen molar-refractivity contribution in [3.63, 3.8) is 0 Å². The van der Waals surface area contributed by atoms with E-state index in [1.54, 1.807) is 31.4 Å². The van der Waals surface area contributed by atoms with Gasteiger partial charge in [0, 0.05) is 6.38 Å². The van der Waals surface area contributed by atoms with Crippen LogP contribution in [0.15, 0.2) is 24.3 Å². The van der Waals surface area contributed by atoms with Crippen LogP contribution in [0.1, 0.15) is 0 Å². The lowest BCUT2D eigenvalue weighted by Gasteiger charge is -1.96. The topological polar surface area (TPSA) is 29.5 Å². The molecular weight excluding hydrogens is 164 g/mol. The second kappa shape index (κ2) is 5.86. The van der Waals surface area contributed by atoms with E-state index in [0.29, 0.717) is 0 Å². The van der Waals surface area contributed by atoms with Gasteiger partial charge in [-0.1, -0.05) is 0 Å². The number of phenols is 1. The van der Waals surface area contributed by atoms with Crippen molar-refractivity contribution in [2.24, 2.45) is 0 Å². The fourth-order valence-electron chi connectivity index (χ4n) is 0.582. The Bertz CT molecular complexity index is 184. The minimum atomic E-state index is 0.260. The van der Waals surface area contributed by atoms with Crippen molar-refractivity contribution < 1.29 is 9.84 Å². The maximum absolute atomic E-state index is 8.80. The van der Waals surface area contributed by atoms with Gasteiger partial charge in [0.2, 0.25) is 0 Å². The van der Waals surface area contributed by atoms with Crippen LogP contribution in [0.4, 0.5) is 0 Å². The molecule has 3 heteroatoms. The van der Waals surface area contributed by atoms with Crippen LogP contribution in [0.5, 0.6) is 11.5 Å². The number of hydrogen-bond acceptors (Lipinski definition) is 2.